The molecule has 0 spiro atoms. The van der Waals surface area contributed by atoms with Gasteiger partial charge in [0.15, 0.2) is 0 Å². The maximum Gasteiger partial charge on any atom is 0.230 e. The average Bonchev–Trinajstić information content (AvgIpc) is 2.52. The van der Waals surface area contributed by atoms with E-state index in [0.29, 0.717) is 5.89 Å². The molecule has 0 atom stereocenters. The summed E-state index contributed by atoms with van der Waals surface area (Å²) in [5.41, 5.74) is 0. The van der Waals surface area contributed by atoms with Crippen molar-refractivity contribution in [1.82, 2.24) is 15.1 Å². The fraction of sp³-hybridized carbons (Fsp3) is 0.800. The van der Waals surface area contributed by atoms with Crippen LogP contribution in [0.2, 0.25) is 0 Å². The lowest BCUT2D eigenvalue weighted by Gasteiger charge is -2.18. The van der Waals surface area contributed by atoms with E-state index in [9.17, 15) is 0 Å². The van der Waals surface area contributed by atoms with Gasteiger partial charge in [-0.25, -0.2) is 0 Å². The number of nitrogens with zero attached hydrogens (tertiary/aromatic N) is 3. The van der Waals surface area contributed by atoms with E-state index in [0.717, 1.165) is 38.4 Å². The van der Waals surface area contributed by atoms with Gasteiger partial charge in [-0.1, -0.05) is 13.8 Å². The van der Waals surface area contributed by atoms with Crippen molar-refractivity contribution in [1.29, 1.82) is 0 Å². The molecule has 4 heteroatoms. The summed E-state index contributed by atoms with van der Waals surface area (Å²) in [4.78, 5) is 2.34. The molecule has 0 aliphatic rings. The van der Waals surface area contributed by atoms with Gasteiger partial charge >= 0.3 is 0 Å². The summed E-state index contributed by atoms with van der Waals surface area (Å²) < 4.78 is 5.34. The van der Waals surface area contributed by atoms with Gasteiger partial charge in [-0.2, -0.15) is 0 Å². The Morgan fingerprint density at radius 3 is 2.21 bits per heavy atom. The lowest BCUT2D eigenvalue weighted by molar-refractivity contribution is 0.238. The molecule has 1 aromatic rings. The first-order chi connectivity index (χ1) is 6.76. The summed E-state index contributed by atoms with van der Waals surface area (Å²) in [6, 6.07) is 0. The monoisotopic (exact) mass is 197 g/mol. The van der Waals surface area contributed by atoms with Crippen LogP contribution in [-0.2, 0) is 6.54 Å². The highest BCUT2D eigenvalue weighted by Crippen LogP contribution is 2.04. The molecule has 80 valence electrons. The molecule has 1 rings (SSSR count). The molecular weight excluding hydrogens is 178 g/mol. The largest absolute Gasteiger partial charge is 0.424 e. The second-order valence-corrected chi connectivity index (χ2v) is 3.49. The van der Waals surface area contributed by atoms with Gasteiger partial charge in [-0.3, -0.25) is 4.90 Å². The Kier molecular flexibility index (Phi) is 4.59. The molecular formula is C10H19N3O. The predicted molar refractivity (Wildman–Crippen MR) is 54.9 cm³/mol. The normalized spacial score (nSPS) is 11.1. The third kappa shape index (κ3) is 3.46. The van der Waals surface area contributed by atoms with Crippen molar-refractivity contribution < 1.29 is 4.42 Å². The topological polar surface area (TPSA) is 42.2 Å². The Bertz CT molecular complexity index is 254. The van der Waals surface area contributed by atoms with Crippen LogP contribution in [0.4, 0.5) is 0 Å². The average molecular weight is 197 g/mol. The highest BCUT2D eigenvalue weighted by Gasteiger charge is 2.08. The van der Waals surface area contributed by atoms with Crippen LogP contribution in [0, 0.1) is 6.92 Å². The maximum absolute atomic E-state index is 5.34. The van der Waals surface area contributed by atoms with Crippen molar-refractivity contribution in [2.75, 3.05) is 13.1 Å². The summed E-state index contributed by atoms with van der Waals surface area (Å²) in [7, 11) is 0. The Hall–Kier alpha value is -0.900. The summed E-state index contributed by atoms with van der Waals surface area (Å²) in [5, 5.41) is 7.81. The second kappa shape index (κ2) is 5.75. The molecule has 1 heterocycles. The summed E-state index contributed by atoms with van der Waals surface area (Å²) in [6.07, 6.45) is 2.32. The third-order valence-electron chi connectivity index (χ3n) is 2.01. The minimum atomic E-state index is 0.646. The highest BCUT2D eigenvalue weighted by molar-refractivity contribution is 4.78. The molecule has 1 aromatic heterocycles. The molecule has 4 nitrogen and oxygen atoms in total. The highest BCUT2D eigenvalue weighted by atomic mass is 16.4. The summed E-state index contributed by atoms with van der Waals surface area (Å²) >= 11 is 0. The zero-order valence-electron chi connectivity index (χ0n) is 9.29. The predicted octanol–water partition coefficient (Wildman–Crippen LogP) is 2.00. The lowest BCUT2D eigenvalue weighted by Crippen LogP contribution is -2.25. The first-order valence-electron chi connectivity index (χ1n) is 5.27. The molecule has 0 saturated carbocycles. The molecule has 0 aromatic carbocycles. The van der Waals surface area contributed by atoms with E-state index in [1.54, 1.807) is 0 Å². The van der Waals surface area contributed by atoms with Crippen molar-refractivity contribution in [3.63, 3.8) is 0 Å². The quantitative estimate of drug-likeness (QED) is 0.699. The van der Waals surface area contributed by atoms with Crippen molar-refractivity contribution in [3.8, 4) is 0 Å². The minimum Gasteiger partial charge on any atom is -0.424 e. The van der Waals surface area contributed by atoms with Gasteiger partial charge in [0.1, 0.15) is 0 Å². The van der Waals surface area contributed by atoms with Crippen LogP contribution in [0.15, 0.2) is 4.42 Å². The molecule has 0 unspecified atom stereocenters. The van der Waals surface area contributed by atoms with E-state index in [-0.39, 0.29) is 0 Å². The van der Waals surface area contributed by atoms with Crippen molar-refractivity contribution in [2.45, 2.75) is 40.2 Å². The molecule has 0 amide bonds. The van der Waals surface area contributed by atoms with E-state index in [1.807, 2.05) is 6.92 Å². The van der Waals surface area contributed by atoms with Gasteiger partial charge in [0.2, 0.25) is 11.8 Å². The standard InChI is InChI=1S/C10H19N3O/c1-4-6-13(7-5-2)8-10-12-11-9(3)14-10/h4-8H2,1-3H3. The van der Waals surface area contributed by atoms with Crippen LogP contribution >= 0.6 is 0 Å². The molecule has 14 heavy (non-hydrogen) atoms. The summed E-state index contributed by atoms with van der Waals surface area (Å²) in [5.74, 6) is 1.37. The van der Waals surface area contributed by atoms with Gasteiger partial charge < -0.3 is 4.42 Å². The number of hydrogen-bond acceptors (Lipinski definition) is 4. The van der Waals surface area contributed by atoms with E-state index in [1.165, 1.54) is 0 Å². The van der Waals surface area contributed by atoms with Gasteiger partial charge in [0.25, 0.3) is 0 Å². The number of rotatable bonds is 6. The van der Waals surface area contributed by atoms with Gasteiger partial charge in [-0.15, -0.1) is 10.2 Å². The molecule has 0 fully saturated rings. The fourth-order valence-corrected chi connectivity index (χ4v) is 1.50. The van der Waals surface area contributed by atoms with Crippen LogP contribution in [-0.4, -0.2) is 28.2 Å². The van der Waals surface area contributed by atoms with Gasteiger partial charge in [-0.05, 0) is 25.9 Å². The Labute approximate surface area is 85.3 Å². The first kappa shape index (κ1) is 11.2. The SMILES string of the molecule is CCCN(CCC)Cc1nnc(C)o1. The fourth-order valence-electron chi connectivity index (χ4n) is 1.50. The van der Waals surface area contributed by atoms with Crippen LogP contribution in [0.25, 0.3) is 0 Å². The number of hydrogen-bond donors (Lipinski definition) is 0. The van der Waals surface area contributed by atoms with E-state index < -0.39 is 0 Å². The molecule has 0 N–H and O–H groups in total. The molecule has 0 bridgehead atoms. The maximum atomic E-state index is 5.34. The zero-order valence-corrected chi connectivity index (χ0v) is 9.29. The van der Waals surface area contributed by atoms with E-state index >= 15 is 0 Å². The van der Waals surface area contributed by atoms with Gasteiger partial charge in [0, 0.05) is 6.92 Å². The lowest BCUT2D eigenvalue weighted by atomic mass is 10.3. The Morgan fingerprint density at radius 2 is 1.79 bits per heavy atom. The smallest absolute Gasteiger partial charge is 0.230 e. The van der Waals surface area contributed by atoms with Crippen molar-refractivity contribution in [2.24, 2.45) is 0 Å². The van der Waals surface area contributed by atoms with Crippen molar-refractivity contribution >= 4 is 0 Å². The molecule has 0 radical (unpaired) electrons. The first-order valence-corrected chi connectivity index (χ1v) is 5.27. The molecule has 0 aliphatic carbocycles. The second-order valence-electron chi connectivity index (χ2n) is 3.49. The van der Waals surface area contributed by atoms with E-state index in [2.05, 4.69) is 28.9 Å². The van der Waals surface area contributed by atoms with Crippen LogP contribution < -0.4 is 0 Å². The zero-order chi connectivity index (χ0) is 10.4. The number of aromatic nitrogens is 2. The molecule has 0 saturated heterocycles. The van der Waals surface area contributed by atoms with Crippen LogP contribution in [0.3, 0.4) is 0 Å². The summed E-state index contributed by atoms with van der Waals surface area (Å²) in [6.45, 7) is 9.15. The van der Waals surface area contributed by atoms with E-state index in [4.69, 9.17) is 4.42 Å². The Balaban J connectivity index is 2.46. The minimum absolute atomic E-state index is 0.646. The molecule has 0 aliphatic heterocycles. The van der Waals surface area contributed by atoms with Crippen LogP contribution in [0.1, 0.15) is 38.5 Å². The number of aryl methyl sites for hydroxylation is 1. The third-order valence-corrected chi connectivity index (χ3v) is 2.01. The van der Waals surface area contributed by atoms with Crippen LogP contribution in [0.5, 0.6) is 0 Å². The van der Waals surface area contributed by atoms with Crippen molar-refractivity contribution in [3.05, 3.63) is 11.8 Å². The van der Waals surface area contributed by atoms with Gasteiger partial charge in [0.05, 0.1) is 6.54 Å². The Morgan fingerprint density at radius 1 is 1.14 bits per heavy atom.